The van der Waals surface area contributed by atoms with E-state index in [1.165, 1.54) is 0 Å². The van der Waals surface area contributed by atoms with Crippen molar-refractivity contribution in [3.8, 4) is 5.88 Å². The van der Waals surface area contributed by atoms with Gasteiger partial charge in [-0.3, -0.25) is 0 Å². The van der Waals surface area contributed by atoms with Gasteiger partial charge in [-0.2, -0.15) is 4.98 Å². The van der Waals surface area contributed by atoms with Crippen LogP contribution in [0.3, 0.4) is 0 Å². The third kappa shape index (κ3) is 3.29. The van der Waals surface area contributed by atoms with Crippen LogP contribution in [0.2, 0.25) is 0 Å². The Bertz CT molecular complexity index is 328. The minimum atomic E-state index is 0.464. The van der Waals surface area contributed by atoms with E-state index >= 15 is 0 Å². The number of pyridine rings is 1. The van der Waals surface area contributed by atoms with Gasteiger partial charge in [0.2, 0.25) is 5.88 Å². The van der Waals surface area contributed by atoms with Gasteiger partial charge >= 0.3 is 0 Å². The molecule has 1 aromatic heterocycles. The molecule has 1 rings (SSSR count). The number of anilines is 2. The number of aromatic nitrogens is 1. The molecule has 0 spiro atoms. The van der Waals surface area contributed by atoms with Crippen molar-refractivity contribution in [1.29, 1.82) is 0 Å². The van der Waals surface area contributed by atoms with E-state index in [0.717, 1.165) is 25.1 Å². The Balaban J connectivity index is 2.72. The summed E-state index contributed by atoms with van der Waals surface area (Å²) in [6.07, 6.45) is 3.39. The lowest BCUT2D eigenvalue weighted by atomic mass is 10.1. The molecule has 1 unspecified atom stereocenters. The summed E-state index contributed by atoms with van der Waals surface area (Å²) in [7, 11) is 1.58. The molecule has 0 radical (unpaired) electrons. The molecule has 0 fully saturated rings. The van der Waals surface area contributed by atoms with E-state index in [1.807, 2.05) is 12.1 Å². The van der Waals surface area contributed by atoms with E-state index in [2.05, 4.69) is 24.1 Å². The number of nitrogens with one attached hydrogen (secondary N) is 1. The van der Waals surface area contributed by atoms with Gasteiger partial charge in [-0.05, 0) is 25.0 Å². The third-order valence-electron chi connectivity index (χ3n) is 2.57. The van der Waals surface area contributed by atoms with Crippen LogP contribution in [0.25, 0.3) is 0 Å². The van der Waals surface area contributed by atoms with Gasteiger partial charge in [0.05, 0.1) is 12.8 Å². The lowest BCUT2D eigenvalue weighted by molar-refractivity contribution is 0.400. The maximum atomic E-state index is 5.71. The van der Waals surface area contributed by atoms with Gasteiger partial charge < -0.3 is 15.8 Å². The SMILES string of the molecule is CCCC(CC)Nc1ccc(N)c(OC)n1. The second-order valence-electron chi connectivity index (χ2n) is 3.83. The Morgan fingerprint density at radius 2 is 2.19 bits per heavy atom. The lowest BCUT2D eigenvalue weighted by Crippen LogP contribution is -2.18. The highest BCUT2D eigenvalue weighted by Crippen LogP contribution is 2.21. The number of hydrogen-bond donors (Lipinski definition) is 2. The Labute approximate surface area is 97.2 Å². The minimum absolute atomic E-state index is 0.464. The third-order valence-corrected chi connectivity index (χ3v) is 2.57. The molecule has 0 aliphatic rings. The van der Waals surface area contributed by atoms with Gasteiger partial charge in [0.15, 0.2) is 0 Å². The molecule has 4 nitrogen and oxygen atoms in total. The fourth-order valence-electron chi connectivity index (χ4n) is 1.63. The maximum absolute atomic E-state index is 5.71. The number of hydrogen-bond acceptors (Lipinski definition) is 4. The molecule has 90 valence electrons. The van der Waals surface area contributed by atoms with Gasteiger partial charge in [0.25, 0.3) is 0 Å². The van der Waals surface area contributed by atoms with Gasteiger partial charge in [-0.15, -0.1) is 0 Å². The first-order chi connectivity index (χ1) is 7.71. The van der Waals surface area contributed by atoms with Crippen LogP contribution in [0, 0.1) is 0 Å². The lowest BCUT2D eigenvalue weighted by Gasteiger charge is -2.17. The molecule has 1 atom stereocenters. The first-order valence-electron chi connectivity index (χ1n) is 5.78. The molecule has 0 bridgehead atoms. The smallest absolute Gasteiger partial charge is 0.238 e. The van der Waals surface area contributed by atoms with Crippen LogP contribution in [0.15, 0.2) is 12.1 Å². The number of nitrogen functional groups attached to an aromatic ring is 1. The van der Waals surface area contributed by atoms with Crippen LogP contribution in [0.5, 0.6) is 5.88 Å². The second kappa shape index (κ2) is 6.20. The predicted octanol–water partition coefficient (Wildman–Crippen LogP) is 2.66. The van der Waals surface area contributed by atoms with Gasteiger partial charge in [0, 0.05) is 6.04 Å². The summed E-state index contributed by atoms with van der Waals surface area (Å²) in [6.45, 7) is 4.35. The minimum Gasteiger partial charge on any atom is -0.479 e. The predicted molar refractivity (Wildman–Crippen MR) is 67.8 cm³/mol. The molecule has 3 N–H and O–H groups in total. The molecule has 0 aliphatic carbocycles. The normalized spacial score (nSPS) is 12.2. The van der Waals surface area contributed by atoms with Crippen molar-refractivity contribution in [3.05, 3.63) is 12.1 Å². The molecular formula is C12H21N3O. The molecule has 0 aromatic carbocycles. The van der Waals surface area contributed by atoms with Crippen LogP contribution < -0.4 is 15.8 Å². The van der Waals surface area contributed by atoms with E-state index in [9.17, 15) is 0 Å². The molecular weight excluding hydrogens is 202 g/mol. The number of nitrogens with two attached hydrogens (primary N) is 1. The summed E-state index contributed by atoms with van der Waals surface area (Å²) in [4.78, 5) is 4.30. The van der Waals surface area contributed by atoms with Gasteiger partial charge in [0.1, 0.15) is 5.82 Å². The highest BCUT2D eigenvalue weighted by Gasteiger charge is 2.07. The Kier molecular flexibility index (Phi) is 4.89. The van der Waals surface area contributed by atoms with Crippen molar-refractivity contribution < 1.29 is 4.74 Å². The van der Waals surface area contributed by atoms with Crippen LogP contribution >= 0.6 is 0 Å². The zero-order valence-electron chi connectivity index (χ0n) is 10.3. The number of rotatable bonds is 6. The van der Waals surface area contributed by atoms with Crippen LogP contribution in [0.4, 0.5) is 11.5 Å². The zero-order chi connectivity index (χ0) is 12.0. The highest BCUT2D eigenvalue weighted by atomic mass is 16.5. The quantitative estimate of drug-likeness (QED) is 0.778. The van der Waals surface area contributed by atoms with Crippen molar-refractivity contribution in [2.24, 2.45) is 0 Å². The van der Waals surface area contributed by atoms with Gasteiger partial charge in [-0.1, -0.05) is 20.3 Å². The van der Waals surface area contributed by atoms with Crippen LogP contribution in [-0.2, 0) is 0 Å². The highest BCUT2D eigenvalue weighted by molar-refractivity contribution is 5.53. The van der Waals surface area contributed by atoms with E-state index in [0.29, 0.717) is 17.6 Å². The summed E-state index contributed by atoms with van der Waals surface area (Å²) >= 11 is 0. The van der Waals surface area contributed by atoms with Crippen molar-refractivity contribution >= 4 is 11.5 Å². The Morgan fingerprint density at radius 1 is 1.44 bits per heavy atom. The summed E-state index contributed by atoms with van der Waals surface area (Å²) < 4.78 is 5.08. The largest absolute Gasteiger partial charge is 0.479 e. The zero-order valence-corrected chi connectivity index (χ0v) is 10.3. The summed E-state index contributed by atoms with van der Waals surface area (Å²) in [5.41, 5.74) is 6.27. The fraction of sp³-hybridized carbons (Fsp3) is 0.583. The monoisotopic (exact) mass is 223 g/mol. The first-order valence-corrected chi connectivity index (χ1v) is 5.78. The summed E-state index contributed by atoms with van der Waals surface area (Å²) in [5, 5.41) is 3.38. The van der Waals surface area contributed by atoms with Crippen molar-refractivity contribution in [2.45, 2.75) is 39.2 Å². The van der Waals surface area contributed by atoms with Crippen molar-refractivity contribution in [3.63, 3.8) is 0 Å². The second-order valence-corrected chi connectivity index (χ2v) is 3.83. The molecule has 4 heteroatoms. The maximum Gasteiger partial charge on any atom is 0.238 e. The molecule has 16 heavy (non-hydrogen) atoms. The van der Waals surface area contributed by atoms with Crippen LogP contribution in [-0.4, -0.2) is 18.1 Å². The number of methoxy groups -OCH3 is 1. The summed E-state index contributed by atoms with van der Waals surface area (Å²) in [5.74, 6) is 1.31. The van der Waals surface area contributed by atoms with Crippen molar-refractivity contribution in [2.75, 3.05) is 18.2 Å². The molecule has 0 saturated heterocycles. The topological polar surface area (TPSA) is 60.2 Å². The average Bonchev–Trinajstić information content (AvgIpc) is 2.30. The average molecular weight is 223 g/mol. The molecule has 0 amide bonds. The standard InChI is InChI=1S/C12H21N3O/c1-4-6-9(5-2)14-11-8-7-10(13)12(15-11)16-3/h7-9H,4-6,13H2,1-3H3,(H,14,15). The van der Waals surface area contributed by atoms with Crippen LogP contribution in [0.1, 0.15) is 33.1 Å². The van der Waals surface area contributed by atoms with Crippen molar-refractivity contribution in [1.82, 2.24) is 4.98 Å². The van der Waals surface area contributed by atoms with E-state index in [1.54, 1.807) is 7.11 Å². The Morgan fingerprint density at radius 3 is 2.75 bits per heavy atom. The first kappa shape index (κ1) is 12.6. The Hall–Kier alpha value is -1.45. The molecule has 0 aliphatic heterocycles. The van der Waals surface area contributed by atoms with E-state index < -0.39 is 0 Å². The fourth-order valence-corrected chi connectivity index (χ4v) is 1.63. The van der Waals surface area contributed by atoms with Gasteiger partial charge in [-0.25, -0.2) is 0 Å². The molecule has 0 saturated carbocycles. The van der Waals surface area contributed by atoms with E-state index in [-0.39, 0.29) is 0 Å². The van der Waals surface area contributed by atoms with E-state index in [4.69, 9.17) is 10.5 Å². The number of ether oxygens (including phenoxy) is 1. The number of nitrogens with zero attached hydrogens (tertiary/aromatic N) is 1. The molecule has 1 aromatic rings. The molecule has 1 heterocycles. The summed E-state index contributed by atoms with van der Waals surface area (Å²) in [6, 6.07) is 4.16.